The minimum Gasteiger partial charge on any atom is -0.391 e. The lowest BCUT2D eigenvalue weighted by Gasteiger charge is -2.43. The number of rotatable bonds is 6. The van der Waals surface area contributed by atoms with Crippen LogP contribution >= 0.6 is 11.8 Å². The third-order valence-corrected chi connectivity index (χ3v) is 5.45. The maximum Gasteiger partial charge on any atom is 0.325 e. The van der Waals surface area contributed by atoms with Gasteiger partial charge in [-0.3, -0.25) is 14.6 Å². The zero-order valence-corrected chi connectivity index (χ0v) is 16.8. The number of carbonyl (C=O) groups is 1. The average molecular weight is 431 g/mol. The van der Waals surface area contributed by atoms with E-state index in [0.29, 0.717) is 0 Å². The number of aromatic nitrogens is 2. The first-order chi connectivity index (χ1) is 13.6. The van der Waals surface area contributed by atoms with Gasteiger partial charge in [-0.1, -0.05) is 0 Å². The van der Waals surface area contributed by atoms with Crippen LogP contribution in [0.5, 0.6) is 0 Å². The van der Waals surface area contributed by atoms with Gasteiger partial charge in [-0.25, -0.2) is 4.79 Å². The van der Waals surface area contributed by atoms with Crippen molar-refractivity contribution in [1.82, 2.24) is 15.3 Å². The van der Waals surface area contributed by atoms with Crippen molar-refractivity contribution >= 4 is 23.7 Å². The Labute approximate surface area is 169 Å². The van der Waals surface area contributed by atoms with Gasteiger partial charge >= 0.3 is 5.69 Å². The molecule has 7 unspecified atom stereocenters. The lowest BCUT2D eigenvalue weighted by Crippen LogP contribution is -2.64. The summed E-state index contributed by atoms with van der Waals surface area (Å²) >= 11 is 1.10. The maximum atomic E-state index is 12.3. The summed E-state index contributed by atoms with van der Waals surface area (Å²) in [6, 6.07) is -1.12. The normalized spacial score (nSPS) is 29.6. The Kier molecular flexibility index (Phi) is 7.80. The summed E-state index contributed by atoms with van der Waals surface area (Å²) in [7, 11) is 0. The van der Waals surface area contributed by atoms with Gasteiger partial charge in [-0.05, 0) is 26.2 Å². The monoisotopic (exact) mass is 431 g/mol. The first kappa shape index (κ1) is 23.3. The van der Waals surface area contributed by atoms with Crippen LogP contribution in [0.2, 0.25) is 0 Å². The van der Waals surface area contributed by atoms with E-state index in [2.05, 4.69) is 10.3 Å². The van der Waals surface area contributed by atoms with E-state index < -0.39 is 59.2 Å². The number of aliphatic hydroxyl groups excluding tert-OH is 4. The van der Waals surface area contributed by atoms with E-state index in [-0.39, 0.29) is 11.3 Å². The van der Waals surface area contributed by atoms with E-state index in [1.807, 2.05) is 4.98 Å². The van der Waals surface area contributed by atoms with Crippen LogP contribution in [-0.4, -0.2) is 84.6 Å². The lowest BCUT2D eigenvalue weighted by atomic mass is 9.92. The van der Waals surface area contributed by atoms with Crippen LogP contribution in [-0.2, 0) is 9.53 Å². The topological polar surface area (TPSA) is 185 Å². The molecule has 12 heteroatoms. The van der Waals surface area contributed by atoms with E-state index in [1.165, 1.54) is 19.9 Å². The first-order valence-electron chi connectivity index (χ1n) is 8.79. The fraction of sp³-hybridized carbons (Fsp3) is 0.588. The number of ether oxygens (including phenoxy) is 1. The molecule has 7 N–H and O–H groups in total. The highest BCUT2D eigenvalue weighted by molar-refractivity contribution is 7.99. The van der Waals surface area contributed by atoms with E-state index in [1.54, 1.807) is 6.26 Å². The number of nitrogens with one attached hydrogen (secondary N) is 3. The van der Waals surface area contributed by atoms with Crippen molar-refractivity contribution in [3.63, 3.8) is 0 Å². The largest absolute Gasteiger partial charge is 0.391 e. The van der Waals surface area contributed by atoms with Crippen molar-refractivity contribution in [3.8, 4) is 0 Å². The maximum absolute atomic E-state index is 12.3. The van der Waals surface area contributed by atoms with Gasteiger partial charge in [0.1, 0.15) is 29.9 Å². The average Bonchev–Trinajstić information content (AvgIpc) is 2.64. The van der Waals surface area contributed by atoms with Gasteiger partial charge in [0.2, 0.25) is 5.91 Å². The number of hydrogen-bond acceptors (Lipinski definition) is 9. The number of H-pyrrole nitrogens is 2. The number of thioether (sulfide) groups is 1. The van der Waals surface area contributed by atoms with E-state index >= 15 is 0 Å². The molecule has 1 aliphatic heterocycles. The van der Waals surface area contributed by atoms with Crippen molar-refractivity contribution in [2.45, 2.75) is 55.8 Å². The van der Waals surface area contributed by atoms with Gasteiger partial charge < -0.3 is 35.5 Å². The number of hydrogen-bond donors (Lipinski definition) is 7. The Bertz CT molecular complexity index is 865. The highest BCUT2D eigenvalue weighted by Crippen LogP contribution is 2.29. The molecular weight excluding hydrogens is 406 g/mol. The Balaban J connectivity index is 2.19. The second-order valence-electron chi connectivity index (χ2n) is 6.73. The molecule has 29 heavy (non-hydrogen) atoms. The molecule has 0 saturated carbocycles. The summed E-state index contributed by atoms with van der Waals surface area (Å²) in [6.07, 6.45) is -2.92. The number of aryl methyl sites for hydroxylation is 1. The van der Waals surface area contributed by atoms with Gasteiger partial charge in [0.05, 0.1) is 17.7 Å². The van der Waals surface area contributed by atoms with Crippen LogP contribution in [0.25, 0.3) is 6.08 Å². The standard InChI is InChI=1S/C17H25N3O8S/c1-6-8(15(26)20-17(27)18-6)4-5-9(22)19-10(7(2)21)14-12(24)11(23)13(25)16(28-14)29-3/h4-5,7,10-14,16,21,23-25H,1-3H3,(H,19,22)(H2,18,20,26,27)/b5-4+. The van der Waals surface area contributed by atoms with Crippen LogP contribution in [0.15, 0.2) is 15.7 Å². The smallest absolute Gasteiger partial charge is 0.325 e. The minimum absolute atomic E-state index is 0.0725. The molecule has 11 nitrogen and oxygen atoms in total. The van der Waals surface area contributed by atoms with Gasteiger partial charge in [-0.15, -0.1) is 11.8 Å². The number of aliphatic hydroxyl groups is 4. The van der Waals surface area contributed by atoms with Crippen LogP contribution in [0.1, 0.15) is 18.2 Å². The number of carbonyl (C=O) groups excluding carboxylic acids is 1. The van der Waals surface area contributed by atoms with E-state index in [4.69, 9.17) is 4.74 Å². The summed E-state index contributed by atoms with van der Waals surface area (Å²) in [5.41, 5.74) is -1.87. The molecule has 1 fully saturated rings. The molecule has 0 aromatic carbocycles. The lowest BCUT2D eigenvalue weighted by molar-refractivity contribution is -0.210. The third kappa shape index (κ3) is 5.35. The molecule has 162 valence electrons. The molecule has 1 aromatic rings. The predicted molar refractivity (Wildman–Crippen MR) is 105 cm³/mol. The Hall–Kier alpha value is -1.96. The third-order valence-electron chi connectivity index (χ3n) is 4.60. The molecule has 1 saturated heterocycles. The SMILES string of the molecule is CSC1OC(C(NC(=O)/C=C/c2c(C)[nH]c(=O)[nH]c2=O)C(C)O)C(O)C(O)C1O. The summed E-state index contributed by atoms with van der Waals surface area (Å²) < 4.78 is 5.58. The van der Waals surface area contributed by atoms with Crippen molar-refractivity contribution in [3.05, 3.63) is 38.2 Å². The van der Waals surface area contributed by atoms with Crippen LogP contribution in [0.3, 0.4) is 0 Å². The fourth-order valence-electron chi connectivity index (χ4n) is 3.02. The second-order valence-corrected chi connectivity index (χ2v) is 7.67. The Morgan fingerprint density at radius 1 is 1.21 bits per heavy atom. The summed E-state index contributed by atoms with van der Waals surface area (Å²) in [6.45, 7) is 2.86. The molecule has 7 atom stereocenters. The molecule has 0 bridgehead atoms. The molecular formula is C17H25N3O8S. The summed E-state index contributed by atoms with van der Waals surface area (Å²) in [4.78, 5) is 39.8. The number of amides is 1. The first-order valence-corrected chi connectivity index (χ1v) is 10.1. The molecule has 0 spiro atoms. The van der Waals surface area contributed by atoms with E-state index in [9.17, 15) is 34.8 Å². The second kappa shape index (κ2) is 9.69. The van der Waals surface area contributed by atoms with E-state index in [0.717, 1.165) is 17.8 Å². The summed E-state index contributed by atoms with van der Waals surface area (Å²) in [5.74, 6) is -0.710. The zero-order valence-electron chi connectivity index (χ0n) is 16.0. The summed E-state index contributed by atoms with van der Waals surface area (Å²) in [5, 5.41) is 42.8. The van der Waals surface area contributed by atoms with Gasteiger partial charge in [-0.2, -0.15) is 0 Å². The molecule has 1 aromatic heterocycles. The van der Waals surface area contributed by atoms with Crippen molar-refractivity contribution in [1.29, 1.82) is 0 Å². The van der Waals surface area contributed by atoms with Crippen molar-refractivity contribution in [2.75, 3.05) is 6.26 Å². The predicted octanol–water partition coefficient (Wildman–Crippen LogP) is -2.58. The Morgan fingerprint density at radius 2 is 1.86 bits per heavy atom. The van der Waals surface area contributed by atoms with Crippen LogP contribution in [0.4, 0.5) is 0 Å². The molecule has 0 radical (unpaired) electrons. The van der Waals surface area contributed by atoms with Crippen LogP contribution in [0, 0.1) is 6.92 Å². The minimum atomic E-state index is -1.55. The fourth-order valence-corrected chi connectivity index (χ4v) is 3.70. The molecule has 2 rings (SSSR count). The van der Waals surface area contributed by atoms with Gasteiger partial charge in [0, 0.05) is 11.8 Å². The Morgan fingerprint density at radius 3 is 2.41 bits per heavy atom. The van der Waals surface area contributed by atoms with Gasteiger partial charge in [0.15, 0.2) is 0 Å². The quantitative estimate of drug-likeness (QED) is 0.238. The number of aromatic amines is 2. The van der Waals surface area contributed by atoms with Crippen molar-refractivity contribution in [2.24, 2.45) is 0 Å². The molecule has 1 amide bonds. The highest BCUT2D eigenvalue weighted by atomic mass is 32.2. The highest BCUT2D eigenvalue weighted by Gasteiger charge is 2.47. The molecule has 0 aliphatic carbocycles. The van der Waals surface area contributed by atoms with Crippen LogP contribution < -0.4 is 16.6 Å². The zero-order chi connectivity index (χ0) is 21.9. The van der Waals surface area contributed by atoms with Gasteiger partial charge in [0.25, 0.3) is 5.56 Å². The molecule has 1 aliphatic rings. The van der Waals surface area contributed by atoms with Crippen molar-refractivity contribution < 1.29 is 30.0 Å². The molecule has 2 heterocycles.